The van der Waals surface area contributed by atoms with Gasteiger partial charge in [0.1, 0.15) is 11.6 Å². The summed E-state index contributed by atoms with van der Waals surface area (Å²) < 4.78 is 26.9. The molecule has 0 bridgehead atoms. The van der Waals surface area contributed by atoms with Crippen molar-refractivity contribution in [1.29, 1.82) is 0 Å². The molecule has 1 saturated heterocycles. The molecule has 0 aliphatic carbocycles. The van der Waals surface area contributed by atoms with Crippen LogP contribution in [0.5, 0.6) is 0 Å². The fourth-order valence-corrected chi connectivity index (χ4v) is 3.16. The maximum atomic E-state index is 13.7. The lowest BCUT2D eigenvalue weighted by Crippen LogP contribution is -2.46. The van der Waals surface area contributed by atoms with Gasteiger partial charge in [0.15, 0.2) is 5.96 Å². The van der Waals surface area contributed by atoms with Crippen LogP contribution in [0.25, 0.3) is 0 Å². The van der Waals surface area contributed by atoms with E-state index in [1.54, 1.807) is 7.05 Å². The number of nitrogens with zero attached hydrogens (tertiary/aromatic N) is 2. The van der Waals surface area contributed by atoms with Crippen LogP contribution >= 0.6 is 0 Å². The SMILES string of the molecule is CCNC(=NCCc1cc(F)ccc1F)N1CCC(CC(=O)NC)CC1. The lowest BCUT2D eigenvalue weighted by Gasteiger charge is -2.34. The van der Waals surface area contributed by atoms with Crippen molar-refractivity contribution in [1.82, 2.24) is 15.5 Å². The standard InChI is InChI=1S/C19H28F2N4O/c1-3-23-19(24-9-6-15-13-16(20)4-5-17(15)21)25-10-7-14(8-11-25)12-18(26)22-2/h4-5,13-14H,3,6-12H2,1-2H3,(H,22,26)(H,23,24). The highest BCUT2D eigenvalue weighted by molar-refractivity contribution is 5.80. The number of hydrogen-bond acceptors (Lipinski definition) is 2. The van der Waals surface area contributed by atoms with E-state index in [1.165, 1.54) is 6.07 Å². The van der Waals surface area contributed by atoms with Gasteiger partial charge in [-0.1, -0.05) is 0 Å². The van der Waals surface area contributed by atoms with Crippen LogP contribution in [0.4, 0.5) is 8.78 Å². The molecule has 1 aromatic carbocycles. The lowest BCUT2D eigenvalue weighted by molar-refractivity contribution is -0.121. The summed E-state index contributed by atoms with van der Waals surface area (Å²) in [7, 11) is 1.66. The smallest absolute Gasteiger partial charge is 0.220 e. The molecule has 0 atom stereocenters. The molecule has 1 amide bonds. The number of hydrogen-bond donors (Lipinski definition) is 2. The number of aliphatic imine (C=N–C) groups is 1. The molecule has 1 aliphatic rings. The van der Waals surface area contributed by atoms with Gasteiger partial charge in [-0.15, -0.1) is 0 Å². The summed E-state index contributed by atoms with van der Waals surface area (Å²) in [6, 6.07) is 3.49. The van der Waals surface area contributed by atoms with Crippen molar-refractivity contribution < 1.29 is 13.6 Å². The van der Waals surface area contributed by atoms with Crippen molar-refractivity contribution >= 4 is 11.9 Å². The minimum absolute atomic E-state index is 0.0844. The second-order valence-electron chi connectivity index (χ2n) is 6.53. The van der Waals surface area contributed by atoms with Crippen molar-refractivity contribution in [3.63, 3.8) is 0 Å². The van der Waals surface area contributed by atoms with Gasteiger partial charge in [0.05, 0.1) is 0 Å². The maximum absolute atomic E-state index is 13.7. The van der Waals surface area contributed by atoms with Crippen LogP contribution in [0.1, 0.15) is 31.7 Å². The number of amides is 1. The third-order valence-corrected chi connectivity index (χ3v) is 4.65. The van der Waals surface area contributed by atoms with Crippen LogP contribution in [-0.2, 0) is 11.2 Å². The molecule has 1 heterocycles. The normalized spacial score (nSPS) is 15.8. The molecule has 7 heteroatoms. The van der Waals surface area contributed by atoms with Gasteiger partial charge < -0.3 is 15.5 Å². The van der Waals surface area contributed by atoms with Crippen LogP contribution in [0.15, 0.2) is 23.2 Å². The summed E-state index contributed by atoms with van der Waals surface area (Å²) in [5.74, 6) is 0.441. The van der Waals surface area contributed by atoms with Crippen molar-refractivity contribution in [2.24, 2.45) is 10.9 Å². The summed E-state index contributed by atoms with van der Waals surface area (Å²) >= 11 is 0. The fraction of sp³-hybridized carbons (Fsp3) is 0.579. The van der Waals surface area contributed by atoms with E-state index in [0.717, 1.165) is 50.6 Å². The van der Waals surface area contributed by atoms with Crippen molar-refractivity contribution in [3.05, 3.63) is 35.4 Å². The molecule has 0 unspecified atom stereocenters. The third-order valence-electron chi connectivity index (χ3n) is 4.65. The number of benzene rings is 1. The first kappa shape index (κ1) is 20.1. The van der Waals surface area contributed by atoms with Crippen LogP contribution in [-0.4, -0.2) is 50.0 Å². The van der Waals surface area contributed by atoms with Gasteiger partial charge in [0, 0.05) is 39.6 Å². The average Bonchev–Trinajstić information content (AvgIpc) is 2.64. The van der Waals surface area contributed by atoms with Gasteiger partial charge in [0.25, 0.3) is 0 Å². The third kappa shape index (κ3) is 5.97. The number of halogens is 2. The first-order valence-electron chi connectivity index (χ1n) is 9.21. The van der Waals surface area contributed by atoms with Crippen molar-refractivity contribution in [2.45, 2.75) is 32.6 Å². The minimum Gasteiger partial charge on any atom is -0.359 e. The summed E-state index contributed by atoms with van der Waals surface area (Å²) in [5, 5.41) is 5.93. The number of carbonyl (C=O) groups excluding carboxylic acids is 1. The van der Waals surface area contributed by atoms with E-state index in [-0.39, 0.29) is 5.91 Å². The Morgan fingerprint density at radius 1 is 1.31 bits per heavy atom. The Morgan fingerprint density at radius 3 is 2.69 bits per heavy atom. The number of carbonyl (C=O) groups is 1. The highest BCUT2D eigenvalue weighted by Gasteiger charge is 2.23. The molecule has 1 fully saturated rings. The van der Waals surface area contributed by atoms with Gasteiger partial charge in [0.2, 0.25) is 5.91 Å². The molecule has 1 aliphatic heterocycles. The Bertz CT molecular complexity index is 628. The Balaban J connectivity index is 1.90. The Morgan fingerprint density at radius 2 is 2.04 bits per heavy atom. The molecule has 0 aromatic heterocycles. The number of rotatable bonds is 6. The molecule has 5 nitrogen and oxygen atoms in total. The Labute approximate surface area is 153 Å². The van der Waals surface area contributed by atoms with Gasteiger partial charge in [-0.25, -0.2) is 8.78 Å². The highest BCUT2D eigenvalue weighted by Crippen LogP contribution is 2.20. The molecule has 1 aromatic rings. The molecule has 144 valence electrons. The first-order valence-corrected chi connectivity index (χ1v) is 9.21. The zero-order valence-electron chi connectivity index (χ0n) is 15.5. The summed E-state index contributed by atoms with van der Waals surface area (Å²) in [4.78, 5) is 18.2. The summed E-state index contributed by atoms with van der Waals surface area (Å²) in [5.41, 5.74) is 0.342. The molecule has 0 radical (unpaired) electrons. The molecular formula is C19H28F2N4O. The number of likely N-dealkylation sites (tertiary alicyclic amines) is 1. The van der Waals surface area contributed by atoms with Crippen molar-refractivity contribution in [3.8, 4) is 0 Å². The molecule has 26 heavy (non-hydrogen) atoms. The predicted octanol–water partition coefficient (Wildman–Crippen LogP) is 2.32. The van der Waals surface area contributed by atoms with E-state index in [2.05, 4.69) is 20.5 Å². The van der Waals surface area contributed by atoms with E-state index in [1.807, 2.05) is 6.92 Å². The Hall–Kier alpha value is -2.18. The quantitative estimate of drug-likeness (QED) is 0.600. The molecule has 0 spiro atoms. The van der Waals surface area contributed by atoms with Gasteiger partial charge in [-0.2, -0.15) is 0 Å². The molecule has 2 rings (SSSR count). The van der Waals surface area contributed by atoms with Gasteiger partial charge in [-0.3, -0.25) is 9.79 Å². The van der Waals surface area contributed by atoms with Gasteiger partial charge in [-0.05, 0) is 55.9 Å². The monoisotopic (exact) mass is 366 g/mol. The zero-order valence-corrected chi connectivity index (χ0v) is 15.5. The van der Waals surface area contributed by atoms with E-state index in [4.69, 9.17) is 0 Å². The zero-order chi connectivity index (χ0) is 18.9. The average molecular weight is 366 g/mol. The van der Waals surface area contributed by atoms with E-state index >= 15 is 0 Å². The number of guanidine groups is 1. The largest absolute Gasteiger partial charge is 0.359 e. The van der Waals surface area contributed by atoms with E-state index in [0.29, 0.717) is 30.9 Å². The minimum atomic E-state index is -0.435. The van der Waals surface area contributed by atoms with Crippen LogP contribution in [0.3, 0.4) is 0 Å². The summed E-state index contributed by atoms with van der Waals surface area (Å²) in [6.45, 7) is 4.80. The summed E-state index contributed by atoms with van der Waals surface area (Å²) in [6.07, 6.45) is 2.80. The van der Waals surface area contributed by atoms with Crippen LogP contribution in [0, 0.1) is 17.6 Å². The Kier molecular flexibility index (Phi) is 7.81. The van der Waals surface area contributed by atoms with Gasteiger partial charge >= 0.3 is 0 Å². The second kappa shape index (κ2) is 10.1. The molecule has 2 N–H and O–H groups in total. The highest BCUT2D eigenvalue weighted by atomic mass is 19.1. The predicted molar refractivity (Wildman–Crippen MR) is 99.0 cm³/mol. The lowest BCUT2D eigenvalue weighted by atomic mass is 9.93. The molecular weight excluding hydrogens is 338 g/mol. The van der Waals surface area contributed by atoms with Crippen LogP contribution < -0.4 is 10.6 Å². The first-order chi connectivity index (χ1) is 12.5. The molecule has 0 saturated carbocycles. The van der Waals surface area contributed by atoms with E-state index in [9.17, 15) is 13.6 Å². The number of nitrogens with one attached hydrogen (secondary N) is 2. The van der Waals surface area contributed by atoms with Crippen LogP contribution in [0.2, 0.25) is 0 Å². The maximum Gasteiger partial charge on any atom is 0.220 e. The van der Waals surface area contributed by atoms with Crippen molar-refractivity contribution in [2.75, 3.05) is 33.2 Å². The van der Waals surface area contributed by atoms with E-state index < -0.39 is 11.6 Å². The topological polar surface area (TPSA) is 56.7 Å². The fourth-order valence-electron chi connectivity index (χ4n) is 3.16. The second-order valence-corrected chi connectivity index (χ2v) is 6.53. The number of piperidine rings is 1.